The summed E-state index contributed by atoms with van der Waals surface area (Å²) in [4.78, 5) is 28.1. The van der Waals surface area contributed by atoms with Crippen molar-refractivity contribution in [1.82, 2.24) is 10.3 Å². The van der Waals surface area contributed by atoms with Crippen LogP contribution in [0.4, 0.5) is 0 Å². The highest BCUT2D eigenvalue weighted by molar-refractivity contribution is 7.13. The Balaban J connectivity index is 1.66. The van der Waals surface area contributed by atoms with E-state index in [-0.39, 0.29) is 13.2 Å². The van der Waals surface area contributed by atoms with E-state index in [1.165, 1.54) is 0 Å². The van der Waals surface area contributed by atoms with Gasteiger partial charge < -0.3 is 20.2 Å². The minimum atomic E-state index is -0.603. The van der Waals surface area contributed by atoms with Crippen molar-refractivity contribution in [1.29, 1.82) is 0 Å². The molecule has 0 aliphatic carbocycles. The van der Waals surface area contributed by atoms with Crippen molar-refractivity contribution in [2.24, 2.45) is 5.73 Å². The molecule has 0 aliphatic heterocycles. The van der Waals surface area contributed by atoms with Crippen molar-refractivity contribution in [2.75, 3.05) is 6.54 Å². The Kier molecular flexibility index (Phi) is 5.33. The number of amides is 2. The molecular formula is C18H17N3O4S. The van der Waals surface area contributed by atoms with Crippen LogP contribution >= 0.6 is 11.3 Å². The number of aryl methyl sites for hydroxylation is 1. The van der Waals surface area contributed by atoms with E-state index in [9.17, 15) is 9.59 Å². The molecular weight excluding hydrogens is 354 g/mol. The standard InChI is InChI=1S/C18H17N3O4S/c1-11-14(21-18(25-11)15-6-3-7-26-15)10-24-13-5-2-4-12(8-13)17(23)20-9-16(19)22/h2-8H,9-10H2,1H3,(H2,19,22)(H,20,23). The number of primary amides is 1. The van der Waals surface area contributed by atoms with Crippen LogP contribution in [0.15, 0.2) is 46.2 Å². The lowest BCUT2D eigenvalue weighted by atomic mass is 10.2. The molecule has 2 amide bonds. The molecule has 26 heavy (non-hydrogen) atoms. The van der Waals surface area contributed by atoms with Gasteiger partial charge >= 0.3 is 0 Å². The SMILES string of the molecule is Cc1oc(-c2cccs2)nc1COc1cccc(C(=O)NCC(N)=O)c1. The number of hydrogen-bond acceptors (Lipinski definition) is 6. The smallest absolute Gasteiger partial charge is 0.251 e. The first-order valence-electron chi connectivity index (χ1n) is 7.82. The molecule has 3 rings (SSSR count). The van der Waals surface area contributed by atoms with Crippen molar-refractivity contribution >= 4 is 23.2 Å². The second-order valence-corrected chi connectivity index (χ2v) is 6.41. The topological polar surface area (TPSA) is 107 Å². The third-order valence-corrected chi connectivity index (χ3v) is 4.38. The fourth-order valence-corrected chi connectivity index (χ4v) is 2.86. The van der Waals surface area contributed by atoms with E-state index in [1.807, 2.05) is 24.4 Å². The highest BCUT2D eigenvalue weighted by atomic mass is 32.1. The molecule has 3 aromatic rings. The first kappa shape index (κ1) is 17.7. The summed E-state index contributed by atoms with van der Waals surface area (Å²) < 4.78 is 11.4. The van der Waals surface area contributed by atoms with Crippen LogP contribution in [0.2, 0.25) is 0 Å². The van der Waals surface area contributed by atoms with Crippen molar-refractivity contribution in [2.45, 2.75) is 13.5 Å². The number of nitrogens with zero attached hydrogens (tertiary/aromatic N) is 1. The summed E-state index contributed by atoms with van der Waals surface area (Å²) in [5.41, 5.74) is 6.09. The van der Waals surface area contributed by atoms with Gasteiger partial charge in [-0.1, -0.05) is 12.1 Å². The number of benzene rings is 1. The number of aromatic nitrogens is 1. The zero-order valence-electron chi connectivity index (χ0n) is 14.0. The van der Waals surface area contributed by atoms with Gasteiger partial charge in [0.25, 0.3) is 5.91 Å². The summed E-state index contributed by atoms with van der Waals surface area (Å²) in [5, 5.41) is 4.39. The Morgan fingerprint density at radius 2 is 2.15 bits per heavy atom. The number of rotatable bonds is 7. The first-order valence-corrected chi connectivity index (χ1v) is 8.70. The number of carbonyl (C=O) groups is 2. The maximum Gasteiger partial charge on any atom is 0.251 e. The highest BCUT2D eigenvalue weighted by Crippen LogP contribution is 2.26. The van der Waals surface area contributed by atoms with E-state index in [0.717, 1.165) is 4.88 Å². The molecule has 2 heterocycles. The third-order valence-electron chi connectivity index (χ3n) is 3.52. The number of hydrogen-bond donors (Lipinski definition) is 2. The molecule has 1 aromatic carbocycles. The van der Waals surface area contributed by atoms with Gasteiger partial charge in [-0.15, -0.1) is 11.3 Å². The van der Waals surface area contributed by atoms with Crippen LogP contribution in [0.3, 0.4) is 0 Å². The van der Waals surface area contributed by atoms with E-state index in [2.05, 4.69) is 10.3 Å². The molecule has 8 heteroatoms. The molecule has 0 unspecified atom stereocenters. The predicted molar refractivity (Wildman–Crippen MR) is 96.9 cm³/mol. The van der Waals surface area contributed by atoms with Gasteiger partial charge in [0.1, 0.15) is 23.8 Å². The molecule has 0 fully saturated rings. The maximum absolute atomic E-state index is 12.0. The molecule has 0 aliphatic rings. The molecule has 7 nitrogen and oxygen atoms in total. The average molecular weight is 371 g/mol. The van der Waals surface area contributed by atoms with Gasteiger partial charge in [-0.25, -0.2) is 4.98 Å². The molecule has 0 spiro atoms. The molecule has 0 saturated heterocycles. The monoisotopic (exact) mass is 371 g/mol. The Morgan fingerprint density at radius 1 is 1.31 bits per heavy atom. The van der Waals surface area contributed by atoms with Crippen molar-refractivity contribution in [3.63, 3.8) is 0 Å². The number of nitrogens with two attached hydrogens (primary N) is 1. The quantitative estimate of drug-likeness (QED) is 0.663. The lowest BCUT2D eigenvalue weighted by Crippen LogP contribution is -2.33. The molecule has 0 saturated carbocycles. The van der Waals surface area contributed by atoms with Crippen LogP contribution in [-0.2, 0) is 11.4 Å². The van der Waals surface area contributed by atoms with E-state index >= 15 is 0 Å². The Morgan fingerprint density at radius 3 is 2.88 bits per heavy atom. The molecule has 0 bridgehead atoms. The van der Waals surface area contributed by atoms with Crippen LogP contribution in [0.5, 0.6) is 5.75 Å². The zero-order chi connectivity index (χ0) is 18.5. The normalized spacial score (nSPS) is 10.5. The molecule has 0 atom stereocenters. The summed E-state index contributed by atoms with van der Waals surface area (Å²) in [7, 11) is 0. The Bertz CT molecular complexity index is 918. The van der Waals surface area contributed by atoms with Crippen molar-refractivity contribution in [3.8, 4) is 16.5 Å². The van der Waals surface area contributed by atoms with Gasteiger partial charge in [-0.3, -0.25) is 9.59 Å². The van der Waals surface area contributed by atoms with Gasteiger partial charge in [0.2, 0.25) is 11.8 Å². The summed E-state index contributed by atoms with van der Waals surface area (Å²) in [6.07, 6.45) is 0. The number of ether oxygens (including phenoxy) is 1. The van der Waals surface area contributed by atoms with E-state index in [1.54, 1.807) is 35.6 Å². The largest absolute Gasteiger partial charge is 0.487 e. The van der Waals surface area contributed by atoms with Crippen LogP contribution < -0.4 is 15.8 Å². The predicted octanol–water partition coefficient (Wildman–Crippen LogP) is 2.51. The van der Waals surface area contributed by atoms with Crippen LogP contribution in [0, 0.1) is 6.92 Å². The van der Waals surface area contributed by atoms with Crippen LogP contribution in [0.1, 0.15) is 21.8 Å². The van der Waals surface area contributed by atoms with Gasteiger partial charge in [-0.2, -0.15) is 0 Å². The molecule has 134 valence electrons. The number of carbonyl (C=O) groups excluding carboxylic acids is 2. The van der Waals surface area contributed by atoms with Gasteiger partial charge in [-0.05, 0) is 36.6 Å². The first-order chi connectivity index (χ1) is 12.5. The minimum Gasteiger partial charge on any atom is -0.487 e. The lowest BCUT2D eigenvalue weighted by molar-refractivity contribution is -0.117. The number of thiophene rings is 1. The fraction of sp³-hybridized carbons (Fsp3) is 0.167. The number of oxazole rings is 1. The minimum absolute atomic E-state index is 0.215. The van der Waals surface area contributed by atoms with E-state index < -0.39 is 11.8 Å². The van der Waals surface area contributed by atoms with Gasteiger partial charge in [0.15, 0.2) is 0 Å². The van der Waals surface area contributed by atoms with Crippen molar-refractivity contribution < 1.29 is 18.7 Å². The highest BCUT2D eigenvalue weighted by Gasteiger charge is 2.13. The summed E-state index contributed by atoms with van der Waals surface area (Å²) in [6.45, 7) is 1.83. The summed E-state index contributed by atoms with van der Waals surface area (Å²) >= 11 is 1.55. The third kappa shape index (κ3) is 4.28. The van der Waals surface area contributed by atoms with Gasteiger partial charge in [0, 0.05) is 5.56 Å². The summed E-state index contributed by atoms with van der Waals surface area (Å²) in [5.74, 6) is 0.761. The van der Waals surface area contributed by atoms with Gasteiger partial charge in [0.05, 0.1) is 11.4 Å². The molecule has 2 aromatic heterocycles. The maximum atomic E-state index is 12.0. The second-order valence-electron chi connectivity index (χ2n) is 5.46. The van der Waals surface area contributed by atoms with E-state index in [4.69, 9.17) is 14.9 Å². The van der Waals surface area contributed by atoms with Crippen molar-refractivity contribution in [3.05, 3.63) is 58.8 Å². The fourth-order valence-electron chi connectivity index (χ4n) is 2.22. The summed E-state index contributed by atoms with van der Waals surface area (Å²) in [6, 6.07) is 10.5. The Labute approximate surface area is 153 Å². The molecule has 3 N–H and O–H groups in total. The number of nitrogens with one attached hydrogen (secondary N) is 1. The van der Waals surface area contributed by atoms with E-state index in [0.29, 0.717) is 28.7 Å². The van der Waals surface area contributed by atoms with Crippen LogP contribution in [-0.4, -0.2) is 23.3 Å². The zero-order valence-corrected chi connectivity index (χ0v) is 14.8. The average Bonchev–Trinajstić information content (AvgIpc) is 3.28. The second kappa shape index (κ2) is 7.83. The lowest BCUT2D eigenvalue weighted by Gasteiger charge is -2.07. The Hall–Kier alpha value is -3.13. The molecule has 0 radical (unpaired) electrons. The van der Waals surface area contributed by atoms with Crippen LogP contribution in [0.25, 0.3) is 10.8 Å².